The molecule has 0 nitrogen and oxygen atoms in total. The molecule has 0 amide bonds. The molecule has 0 unspecified atom stereocenters. The van der Waals surface area contributed by atoms with Crippen LogP contribution < -0.4 is 0 Å². The van der Waals surface area contributed by atoms with Gasteiger partial charge in [0.15, 0.2) is 0 Å². The van der Waals surface area contributed by atoms with Gasteiger partial charge in [0.1, 0.15) is 0 Å². The van der Waals surface area contributed by atoms with E-state index in [0.29, 0.717) is 0 Å². The van der Waals surface area contributed by atoms with Gasteiger partial charge in [0, 0.05) is 59.1 Å². The van der Waals surface area contributed by atoms with Crippen LogP contribution in [0.3, 0.4) is 0 Å². The Morgan fingerprint density at radius 2 is 0.500 bits per heavy atom. The molecule has 0 fully saturated rings. The number of halogens is 2. The van der Waals surface area contributed by atoms with Gasteiger partial charge >= 0.3 is 0 Å². The molecule has 2 radical (unpaired) electrons. The molecule has 4 heteroatoms. The van der Waals surface area contributed by atoms with Gasteiger partial charge in [-0.15, -0.1) is 24.8 Å². The SMILES string of the molecule is Cl.Cl.[Na].[Na]. The van der Waals surface area contributed by atoms with Crippen LogP contribution in [-0.4, -0.2) is 59.1 Å². The van der Waals surface area contributed by atoms with Gasteiger partial charge in [0.25, 0.3) is 0 Å². The van der Waals surface area contributed by atoms with Crippen LogP contribution in [0.4, 0.5) is 0 Å². The molecule has 18 valence electrons. The Balaban J connectivity index is 0. The Kier molecular flexibility index (Phi) is 135. The third-order valence-electron chi connectivity index (χ3n) is 0. The summed E-state index contributed by atoms with van der Waals surface area (Å²) in [6.45, 7) is 0. The minimum atomic E-state index is 0. The van der Waals surface area contributed by atoms with E-state index >= 15 is 0 Å². The molecular weight excluding hydrogens is 117 g/mol. The molecule has 0 saturated heterocycles. The molecular formula is H2Cl2Na2. The summed E-state index contributed by atoms with van der Waals surface area (Å²) in [6, 6.07) is 0. The molecule has 0 aromatic carbocycles. The van der Waals surface area contributed by atoms with Crippen molar-refractivity contribution in [1.82, 2.24) is 0 Å². The monoisotopic (exact) mass is 118 g/mol. The third kappa shape index (κ3) is 8.82. The molecule has 0 rings (SSSR count). The van der Waals surface area contributed by atoms with Crippen molar-refractivity contribution in [3.05, 3.63) is 0 Å². The summed E-state index contributed by atoms with van der Waals surface area (Å²) >= 11 is 0. The summed E-state index contributed by atoms with van der Waals surface area (Å²) in [7, 11) is 0. The second kappa shape index (κ2) is 17.6. The maximum atomic E-state index is 0. The van der Waals surface area contributed by atoms with Crippen molar-refractivity contribution in [2.24, 2.45) is 0 Å². The predicted molar refractivity (Wildman–Crippen MR) is 26.0 cm³/mol. The molecule has 0 bridgehead atoms. The Bertz CT molecular complexity index is 4.00. The van der Waals surface area contributed by atoms with Crippen LogP contribution in [-0.2, 0) is 0 Å². The molecule has 0 aliphatic rings. The van der Waals surface area contributed by atoms with Gasteiger partial charge in [-0.2, -0.15) is 0 Å². The van der Waals surface area contributed by atoms with Crippen molar-refractivity contribution in [1.29, 1.82) is 0 Å². The first kappa shape index (κ1) is 30.8. The molecule has 0 N–H and O–H groups in total. The van der Waals surface area contributed by atoms with E-state index in [2.05, 4.69) is 0 Å². The molecule has 4 heavy (non-hydrogen) atoms. The summed E-state index contributed by atoms with van der Waals surface area (Å²) in [5.74, 6) is 0. The zero-order chi connectivity index (χ0) is 0. The third-order valence-corrected chi connectivity index (χ3v) is 0. The van der Waals surface area contributed by atoms with Gasteiger partial charge in [-0.05, 0) is 0 Å². The van der Waals surface area contributed by atoms with E-state index in [-0.39, 0.29) is 83.9 Å². The first-order chi connectivity index (χ1) is 0. The van der Waals surface area contributed by atoms with Crippen LogP contribution in [0.1, 0.15) is 0 Å². The van der Waals surface area contributed by atoms with Crippen molar-refractivity contribution in [3.63, 3.8) is 0 Å². The molecule has 0 aliphatic heterocycles. The van der Waals surface area contributed by atoms with Crippen LogP contribution in [0, 0.1) is 0 Å². The molecule has 0 atom stereocenters. The Morgan fingerprint density at radius 3 is 0.500 bits per heavy atom. The molecule has 0 aliphatic carbocycles. The second-order valence-electron chi connectivity index (χ2n) is 0. The Hall–Kier alpha value is 2.58. The molecule has 0 saturated carbocycles. The fourth-order valence-electron chi connectivity index (χ4n) is 0. The van der Waals surface area contributed by atoms with Crippen LogP contribution >= 0.6 is 24.8 Å². The van der Waals surface area contributed by atoms with Crippen molar-refractivity contribution < 1.29 is 0 Å². The van der Waals surface area contributed by atoms with Crippen molar-refractivity contribution in [3.8, 4) is 0 Å². The largest absolute Gasteiger partial charge is 0.147 e. The van der Waals surface area contributed by atoms with E-state index in [1.54, 1.807) is 0 Å². The summed E-state index contributed by atoms with van der Waals surface area (Å²) in [6.07, 6.45) is 0. The normalized spacial score (nSPS) is 0. The summed E-state index contributed by atoms with van der Waals surface area (Å²) in [4.78, 5) is 0. The van der Waals surface area contributed by atoms with Crippen LogP contribution in [0.15, 0.2) is 0 Å². The van der Waals surface area contributed by atoms with Gasteiger partial charge in [-0.25, -0.2) is 0 Å². The van der Waals surface area contributed by atoms with E-state index < -0.39 is 0 Å². The molecule has 0 heterocycles. The van der Waals surface area contributed by atoms with Crippen LogP contribution in [0.5, 0.6) is 0 Å². The maximum absolute atomic E-state index is 0. The average molecular weight is 119 g/mol. The topological polar surface area (TPSA) is 0 Å². The number of hydrogen-bond donors (Lipinski definition) is 0. The Labute approximate surface area is 82.5 Å². The van der Waals surface area contributed by atoms with Crippen molar-refractivity contribution in [2.75, 3.05) is 0 Å². The Morgan fingerprint density at radius 1 is 0.500 bits per heavy atom. The first-order valence-electron chi connectivity index (χ1n) is 0. The zero-order valence-electron chi connectivity index (χ0n) is 2.82. The van der Waals surface area contributed by atoms with Crippen LogP contribution in [0.2, 0.25) is 0 Å². The van der Waals surface area contributed by atoms with Crippen molar-refractivity contribution in [2.45, 2.75) is 0 Å². The maximum Gasteiger partial charge on any atom is 0 e. The van der Waals surface area contributed by atoms with Gasteiger partial charge in [0.2, 0.25) is 0 Å². The van der Waals surface area contributed by atoms with E-state index in [1.165, 1.54) is 0 Å². The number of rotatable bonds is 0. The summed E-state index contributed by atoms with van der Waals surface area (Å²) < 4.78 is 0. The van der Waals surface area contributed by atoms with Gasteiger partial charge in [-0.3, -0.25) is 0 Å². The summed E-state index contributed by atoms with van der Waals surface area (Å²) in [5, 5.41) is 0. The van der Waals surface area contributed by atoms with Gasteiger partial charge in [0.05, 0.1) is 0 Å². The zero-order valence-corrected chi connectivity index (χ0v) is 8.45. The standard InChI is InChI=1S/2ClH.2Na/h2*1H;;. The molecule has 0 spiro atoms. The minimum Gasteiger partial charge on any atom is -0.147 e. The van der Waals surface area contributed by atoms with Gasteiger partial charge < -0.3 is 0 Å². The van der Waals surface area contributed by atoms with Crippen molar-refractivity contribution >= 4 is 83.9 Å². The fraction of sp³-hybridized carbons (Fsp3) is 0. The van der Waals surface area contributed by atoms with Gasteiger partial charge in [-0.1, -0.05) is 0 Å². The quantitative estimate of drug-likeness (QED) is 0.396. The van der Waals surface area contributed by atoms with E-state index in [1.807, 2.05) is 0 Å². The van der Waals surface area contributed by atoms with E-state index in [4.69, 9.17) is 0 Å². The van der Waals surface area contributed by atoms with Crippen LogP contribution in [0.25, 0.3) is 0 Å². The second-order valence-corrected chi connectivity index (χ2v) is 0. The van der Waals surface area contributed by atoms with E-state index in [9.17, 15) is 0 Å². The fourth-order valence-corrected chi connectivity index (χ4v) is 0. The minimum absolute atomic E-state index is 0. The predicted octanol–water partition coefficient (Wildman–Crippen LogP) is 0.0820. The first-order valence-corrected chi connectivity index (χ1v) is 0. The number of hydrogen-bond acceptors (Lipinski definition) is 0. The smallest absolute Gasteiger partial charge is 0 e. The molecule has 0 aromatic heterocycles. The van der Waals surface area contributed by atoms with E-state index in [0.717, 1.165) is 0 Å². The average Bonchev–Trinajstić information content (AvgIpc) is 0. The molecule has 0 aromatic rings. The summed E-state index contributed by atoms with van der Waals surface area (Å²) in [5.41, 5.74) is 0.